The standard InChI is InChI=1S/C16H20FN3/c1-12-6-4-5-7-13(12)11-20(3)16-14(9-18-2)8-15(17)10-19-16/h4-8,10,18H,9,11H2,1-3H3. The molecule has 1 N–H and O–H groups in total. The summed E-state index contributed by atoms with van der Waals surface area (Å²) in [6.07, 6.45) is 1.27. The number of rotatable bonds is 5. The fourth-order valence-corrected chi connectivity index (χ4v) is 2.26. The highest BCUT2D eigenvalue weighted by Crippen LogP contribution is 2.20. The van der Waals surface area contributed by atoms with Gasteiger partial charge in [-0.15, -0.1) is 0 Å². The van der Waals surface area contributed by atoms with Gasteiger partial charge in [-0.2, -0.15) is 0 Å². The third-order valence-electron chi connectivity index (χ3n) is 3.31. The number of benzene rings is 1. The Morgan fingerprint density at radius 3 is 2.70 bits per heavy atom. The normalized spacial score (nSPS) is 10.6. The van der Waals surface area contributed by atoms with Crippen LogP contribution in [0.15, 0.2) is 36.5 Å². The minimum Gasteiger partial charge on any atom is -0.355 e. The topological polar surface area (TPSA) is 28.2 Å². The van der Waals surface area contributed by atoms with Crippen molar-refractivity contribution < 1.29 is 4.39 Å². The molecule has 0 saturated carbocycles. The quantitative estimate of drug-likeness (QED) is 0.908. The maximum Gasteiger partial charge on any atom is 0.141 e. The molecule has 1 heterocycles. The molecular weight excluding hydrogens is 253 g/mol. The predicted molar refractivity (Wildman–Crippen MR) is 80.2 cm³/mol. The molecule has 2 aromatic rings. The molecule has 0 saturated heterocycles. The van der Waals surface area contributed by atoms with Crippen molar-refractivity contribution in [2.24, 2.45) is 0 Å². The molecule has 0 atom stereocenters. The molecule has 106 valence electrons. The zero-order valence-electron chi connectivity index (χ0n) is 12.2. The van der Waals surface area contributed by atoms with Crippen LogP contribution in [-0.2, 0) is 13.1 Å². The molecule has 2 rings (SSSR count). The highest BCUT2D eigenvalue weighted by atomic mass is 19.1. The second kappa shape index (κ2) is 6.48. The van der Waals surface area contributed by atoms with Crippen molar-refractivity contribution in [2.45, 2.75) is 20.0 Å². The van der Waals surface area contributed by atoms with Crippen LogP contribution in [0, 0.1) is 12.7 Å². The Balaban J connectivity index is 2.25. The van der Waals surface area contributed by atoms with Gasteiger partial charge in [0.2, 0.25) is 0 Å². The molecule has 20 heavy (non-hydrogen) atoms. The summed E-state index contributed by atoms with van der Waals surface area (Å²) in [6, 6.07) is 9.79. The number of hydrogen-bond acceptors (Lipinski definition) is 3. The Morgan fingerprint density at radius 1 is 1.25 bits per heavy atom. The maximum absolute atomic E-state index is 13.3. The Bertz CT molecular complexity index is 584. The average molecular weight is 273 g/mol. The van der Waals surface area contributed by atoms with Crippen molar-refractivity contribution in [3.8, 4) is 0 Å². The Morgan fingerprint density at radius 2 is 2.00 bits per heavy atom. The van der Waals surface area contributed by atoms with Gasteiger partial charge in [0.05, 0.1) is 6.20 Å². The first-order chi connectivity index (χ1) is 9.61. The van der Waals surface area contributed by atoms with Crippen LogP contribution < -0.4 is 10.2 Å². The lowest BCUT2D eigenvalue weighted by Gasteiger charge is -2.22. The van der Waals surface area contributed by atoms with Gasteiger partial charge in [-0.3, -0.25) is 0 Å². The molecule has 0 unspecified atom stereocenters. The number of pyridine rings is 1. The monoisotopic (exact) mass is 273 g/mol. The minimum atomic E-state index is -0.303. The molecular formula is C16H20FN3. The van der Waals surface area contributed by atoms with Crippen molar-refractivity contribution in [1.82, 2.24) is 10.3 Å². The van der Waals surface area contributed by atoms with Gasteiger partial charge in [-0.1, -0.05) is 24.3 Å². The zero-order chi connectivity index (χ0) is 14.5. The Kier molecular flexibility index (Phi) is 4.69. The predicted octanol–water partition coefficient (Wildman–Crippen LogP) is 2.88. The summed E-state index contributed by atoms with van der Waals surface area (Å²) in [5, 5.41) is 3.05. The number of hydrogen-bond donors (Lipinski definition) is 1. The van der Waals surface area contributed by atoms with Crippen LogP contribution >= 0.6 is 0 Å². The fourth-order valence-electron chi connectivity index (χ4n) is 2.26. The first kappa shape index (κ1) is 14.5. The molecule has 0 aliphatic carbocycles. The first-order valence-electron chi connectivity index (χ1n) is 6.66. The van der Waals surface area contributed by atoms with E-state index in [1.54, 1.807) is 0 Å². The van der Waals surface area contributed by atoms with Crippen molar-refractivity contribution in [2.75, 3.05) is 19.0 Å². The summed E-state index contributed by atoms with van der Waals surface area (Å²) < 4.78 is 13.3. The van der Waals surface area contributed by atoms with Gasteiger partial charge in [0.1, 0.15) is 11.6 Å². The van der Waals surface area contributed by atoms with E-state index < -0.39 is 0 Å². The van der Waals surface area contributed by atoms with E-state index in [0.29, 0.717) is 6.54 Å². The van der Waals surface area contributed by atoms with Crippen LogP contribution in [0.25, 0.3) is 0 Å². The molecule has 1 aromatic heterocycles. The summed E-state index contributed by atoms with van der Waals surface area (Å²) >= 11 is 0. The van der Waals surface area contributed by atoms with E-state index >= 15 is 0 Å². The van der Waals surface area contributed by atoms with Crippen molar-refractivity contribution in [1.29, 1.82) is 0 Å². The largest absolute Gasteiger partial charge is 0.355 e. The van der Waals surface area contributed by atoms with Crippen LogP contribution in [0.2, 0.25) is 0 Å². The maximum atomic E-state index is 13.3. The van der Waals surface area contributed by atoms with E-state index in [1.807, 2.05) is 26.2 Å². The van der Waals surface area contributed by atoms with Gasteiger partial charge >= 0.3 is 0 Å². The van der Waals surface area contributed by atoms with Crippen LogP contribution in [0.5, 0.6) is 0 Å². The number of halogens is 1. The molecule has 0 fully saturated rings. The molecule has 0 aliphatic rings. The molecule has 0 spiro atoms. The summed E-state index contributed by atoms with van der Waals surface area (Å²) in [5.41, 5.74) is 3.36. The first-order valence-corrected chi connectivity index (χ1v) is 6.66. The van der Waals surface area contributed by atoms with Gasteiger partial charge in [0.15, 0.2) is 0 Å². The fraction of sp³-hybridized carbons (Fsp3) is 0.312. The van der Waals surface area contributed by atoms with Crippen molar-refractivity contribution in [3.05, 3.63) is 59.0 Å². The van der Waals surface area contributed by atoms with E-state index in [9.17, 15) is 4.39 Å². The number of nitrogens with one attached hydrogen (secondary N) is 1. The zero-order valence-corrected chi connectivity index (χ0v) is 12.2. The van der Waals surface area contributed by atoms with E-state index in [-0.39, 0.29) is 5.82 Å². The van der Waals surface area contributed by atoms with E-state index in [2.05, 4.69) is 34.3 Å². The van der Waals surface area contributed by atoms with Gasteiger partial charge in [-0.25, -0.2) is 9.37 Å². The molecule has 0 bridgehead atoms. The number of aromatic nitrogens is 1. The van der Waals surface area contributed by atoms with Crippen molar-refractivity contribution >= 4 is 5.82 Å². The lowest BCUT2D eigenvalue weighted by Crippen LogP contribution is -2.21. The Hall–Kier alpha value is -1.94. The molecule has 0 amide bonds. The van der Waals surface area contributed by atoms with Gasteiger partial charge in [0.25, 0.3) is 0 Å². The summed E-state index contributed by atoms with van der Waals surface area (Å²) in [6.45, 7) is 3.44. The average Bonchev–Trinajstić information content (AvgIpc) is 2.42. The van der Waals surface area contributed by atoms with Crippen LogP contribution in [-0.4, -0.2) is 19.1 Å². The smallest absolute Gasteiger partial charge is 0.141 e. The summed E-state index contributed by atoms with van der Waals surface area (Å²) in [7, 11) is 3.82. The Labute approximate surface area is 119 Å². The lowest BCUT2D eigenvalue weighted by atomic mass is 10.1. The highest BCUT2D eigenvalue weighted by Gasteiger charge is 2.11. The van der Waals surface area contributed by atoms with Crippen LogP contribution in [0.4, 0.5) is 10.2 Å². The third-order valence-corrected chi connectivity index (χ3v) is 3.31. The highest BCUT2D eigenvalue weighted by molar-refractivity contribution is 5.47. The minimum absolute atomic E-state index is 0.303. The van der Waals surface area contributed by atoms with E-state index in [1.165, 1.54) is 23.4 Å². The molecule has 0 aliphatic heterocycles. The second-order valence-corrected chi connectivity index (χ2v) is 4.95. The van der Waals surface area contributed by atoms with Gasteiger partial charge in [-0.05, 0) is 31.2 Å². The number of aryl methyl sites for hydroxylation is 1. The number of anilines is 1. The number of nitrogens with zero attached hydrogens (tertiary/aromatic N) is 2. The lowest BCUT2D eigenvalue weighted by molar-refractivity contribution is 0.615. The van der Waals surface area contributed by atoms with Crippen LogP contribution in [0.3, 0.4) is 0 Å². The third kappa shape index (κ3) is 3.33. The van der Waals surface area contributed by atoms with Crippen LogP contribution in [0.1, 0.15) is 16.7 Å². The molecule has 0 radical (unpaired) electrons. The second-order valence-electron chi connectivity index (χ2n) is 4.95. The van der Waals surface area contributed by atoms with E-state index in [4.69, 9.17) is 0 Å². The summed E-state index contributed by atoms with van der Waals surface area (Å²) in [4.78, 5) is 6.28. The molecule has 3 nitrogen and oxygen atoms in total. The summed E-state index contributed by atoms with van der Waals surface area (Å²) in [5.74, 6) is 0.507. The molecule has 4 heteroatoms. The SMILES string of the molecule is CNCc1cc(F)cnc1N(C)Cc1ccccc1C. The van der Waals surface area contributed by atoms with E-state index in [0.717, 1.165) is 17.9 Å². The van der Waals surface area contributed by atoms with Gasteiger partial charge in [0, 0.05) is 25.7 Å². The molecule has 1 aromatic carbocycles. The van der Waals surface area contributed by atoms with Gasteiger partial charge < -0.3 is 10.2 Å². The van der Waals surface area contributed by atoms with Crippen molar-refractivity contribution in [3.63, 3.8) is 0 Å².